The molecule has 0 radical (unpaired) electrons. The number of nitrogens with one attached hydrogen (secondary N) is 1. The first-order valence-corrected chi connectivity index (χ1v) is 9.69. The number of hydrogen-bond acceptors (Lipinski definition) is 4. The monoisotopic (exact) mass is 325 g/mol. The first-order valence-electron chi connectivity index (χ1n) is 8.15. The van der Waals surface area contributed by atoms with Crippen molar-refractivity contribution in [2.75, 3.05) is 6.54 Å². The molecule has 0 unspecified atom stereocenters. The average molecular weight is 325 g/mol. The molecule has 0 aliphatic heterocycles. The molecule has 0 aromatic carbocycles. The van der Waals surface area contributed by atoms with E-state index in [1.807, 2.05) is 0 Å². The van der Waals surface area contributed by atoms with Crippen molar-refractivity contribution in [3.05, 3.63) is 27.7 Å². The van der Waals surface area contributed by atoms with E-state index in [0.29, 0.717) is 0 Å². The minimum absolute atomic E-state index is 0.141. The first-order chi connectivity index (χ1) is 10.6. The fourth-order valence-electron chi connectivity index (χ4n) is 3.39. The molecule has 0 amide bonds. The number of hydrogen-bond donors (Lipinski definition) is 1. The minimum Gasteiger partial charge on any atom is -0.268 e. The number of rotatable bonds is 5. The van der Waals surface area contributed by atoms with Crippen LogP contribution in [0, 0.1) is 0 Å². The van der Waals surface area contributed by atoms with E-state index < -0.39 is 10.0 Å². The molecule has 0 bridgehead atoms. The van der Waals surface area contributed by atoms with Crippen LogP contribution in [0.1, 0.15) is 49.8 Å². The largest absolute Gasteiger partial charge is 0.268 e. The van der Waals surface area contributed by atoms with Crippen molar-refractivity contribution >= 4 is 10.0 Å². The van der Waals surface area contributed by atoms with Crippen LogP contribution < -0.4 is 10.3 Å². The van der Waals surface area contributed by atoms with Crippen LogP contribution in [-0.2, 0) is 29.4 Å². The highest BCUT2D eigenvalue weighted by molar-refractivity contribution is 7.90. The summed E-state index contributed by atoms with van der Waals surface area (Å²) in [5, 5.41) is 4.08. The summed E-state index contributed by atoms with van der Waals surface area (Å²) in [6.45, 7) is 0.516. The molecule has 0 atom stereocenters. The van der Waals surface area contributed by atoms with Gasteiger partial charge >= 0.3 is 0 Å². The van der Waals surface area contributed by atoms with E-state index in [0.717, 1.165) is 62.6 Å². The molecule has 0 spiro atoms. The van der Waals surface area contributed by atoms with Gasteiger partial charge in [0.15, 0.2) is 0 Å². The Morgan fingerprint density at radius 3 is 2.73 bits per heavy atom. The smallest absolute Gasteiger partial charge is 0.267 e. The fraction of sp³-hybridized carbons (Fsp3) is 0.733. The maximum Gasteiger partial charge on any atom is 0.267 e. The van der Waals surface area contributed by atoms with Gasteiger partial charge in [0.1, 0.15) is 0 Å². The normalized spacial score (nSPS) is 19.3. The Bertz CT molecular complexity index is 690. The number of fused-ring (bicyclic) bond motifs is 1. The van der Waals surface area contributed by atoms with Gasteiger partial charge in [-0.2, -0.15) is 5.10 Å². The van der Waals surface area contributed by atoms with Gasteiger partial charge in [-0.15, -0.1) is 0 Å². The zero-order chi connectivity index (χ0) is 15.6. The SMILES string of the molecule is O=c1cc2c(nn1CCNS(=O)(=O)C1CCCCC1)CCC2. The van der Waals surface area contributed by atoms with Crippen molar-refractivity contribution in [3.8, 4) is 0 Å². The molecule has 2 aliphatic rings. The van der Waals surface area contributed by atoms with Gasteiger partial charge in [-0.25, -0.2) is 17.8 Å². The van der Waals surface area contributed by atoms with Gasteiger partial charge in [-0.05, 0) is 37.7 Å². The van der Waals surface area contributed by atoms with Crippen LogP contribution >= 0.6 is 0 Å². The maximum absolute atomic E-state index is 12.2. The van der Waals surface area contributed by atoms with E-state index in [-0.39, 0.29) is 23.9 Å². The molecule has 3 rings (SSSR count). The summed E-state index contributed by atoms with van der Waals surface area (Å²) in [5.74, 6) is 0. The number of sulfonamides is 1. The molecule has 122 valence electrons. The van der Waals surface area contributed by atoms with Crippen molar-refractivity contribution in [1.29, 1.82) is 0 Å². The van der Waals surface area contributed by atoms with Gasteiger partial charge in [0.2, 0.25) is 10.0 Å². The molecule has 1 saturated carbocycles. The highest BCUT2D eigenvalue weighted by atomic mass is 32.2. The molecule has 1 fully saturated rings. The third-order valence-electron chi connectivity index (χ3n) is 4.64. The average Bonchev–Trinajstić information content (AvgIpc) is 2.95. The number of aryl methyl sites for hydroxylation is 2. The predicted molar refractivity (Wildman–Crippen MR) is 84.3 cm³/mol. The zero-order valence-corrected chi connectivity index (χ0v) is 13.6. The predicted octanol–water partition coefficient (Wildman–Crippen LogP) is 0.984. The summed E-state index contributed by atoms with van der Waals surface area (Å²) in [6.07, 6.45) is 7.45. The van der Waals surface area contributed by atoms with Crippen molar-refractivity contribution in [2.24, 2.45) is 0 Å². The lowest BCUT2D eigenvalue weighted by Crippen LogP contribution is -2.38. The summed E-state index contributed by atoms with van der Waals surface area (Å²) in [4.78, 5) is 12.0. The Morgan fingerprint density at radius 2 is 1.95 bits per heavy atom. The van der Waals surface area contributed by atoms with Crippen molar-refractivity contribution in [3.63, 3.8) is 0 Å². The van der Waals surface area contributed by atoms with Crippen LogP contribution in [-0.4, -0.2) is 30.0 Å². The molecule has 1 aromatic heterocycles. The summed E-state index contributed by atoms with van der Waals surface area (Å²) in [7, 11) is -3.27. The Balaban J connectivity index is 1.60. The van der Waals surface area contributed by atoms with E-state index in [1.165, 1.54) is 4.68 Å². The van der Waals surface area contributed by atoms with Crippen molar-refractivity contribution < 1.29 is 8.42 Å². The lowest BCUT2D eigenvalue weighted by atomic mass is 10.0. The highest BCUT2D eigenvalue weighted by Gasteiger charge is 2.26. The van der Waals surface area contributed by atoms with Crippen LogP contribution in [0.15, 0.2) is 10.9 Å². The first kappa shape index (κ1) is 15.7. The number of aromatic nitrogens is 2. The van der Waals surface area contributed by atoms with Gasteiger partial charge in [-0.3, -0.25) is 4.79 Å². The van der Waals surface area contributed by atoms with Crippen LogP contribution in [0.5, 0.6) is 0 Å². The van der Waals surface area contributed by atoms with Gasteiger partial charge in [0.25, 0.3) is 5.56 Å². The van der Waals surface area contributed by atoms with E-state index in [1.54, 1.807) is 6.07 Å². The topological polar surface area (TPSA) is 81.1 Å². The van der Waals surface area contributed by atoms with Gasteiger partial charge in [0, 0.05) is 12.6 Å². The summed E-state index contributed by atoms with van der Waals surface area (Å²) in [5.41, 5.74) is 1.89. The fourth-order valence-corrected chi connectivity index (χ4v) is 4.95. The van der Waals surface area contributed by atoms with Crippen LogP contribution in [0.3, 0.4) is 0 Å². The zero-order valence-electron chi connectivity index (χ0n) is 12.8. The molecule has 0 saturated heterocycles. The quantitative estimate of drug-likeness (QED) is 0.875. The molecular formula is C15H23N3O3S. The van der Waals surface area contributed by atoms with Gasteiger partial charge in [0.05, 0.1) is 17.5 Å². The third-order valence-corrected chi connectivity index (χ3v) is 6.60. The van der Waals surface area contributed by atoms with Crippen LogP contribution in [0.4, 0.5) is 0 Å². The summed E-state index contributed by atoms with van der Waals surface area (Å²) in [6, 6.07) is 1.64. The van der Waals surface area contributed by atoms with Crippen LogP contribution in [0.25, 0.3) is 0 Å². The second-order valence-electron chi connectivity index (χ2n) is 6.23. The van der Waals surface area contributed by atoms with Gasteiger partial charge in [-0.1, -0.05) is 19.3 Å². The molecule has 22 heavy (non-hydrogen) atoms. The third kappa shape index (κ3) is 3.41. The standard InChI is InChI=1S/C15H23N3O3S/c19-15-11-12-5-4-8-14(12)17-18(15)10-9-16-22(20,21)13-6-2-1-3-7-13/h11,13,16H,1-10H2. The van der Waals surface area contributed by atoms with E-state index in [9.17, 15) is 13.2 Å². The Morgan fingerprint density at radius 1 is 1.18 bits per heavy atom. The molecule has 1 N–H and O–H groups in total. The van der Waals surface area contributed by atoms with E-state index >= 15 is 0 Å². The van der Waals surface area contributed by atoms with E-state index in [4.69, 9.17) is 0 Å². The Kier molecular flexibility index (Phi) is 4.63. The molecule has 2 aliphatic carbocycles. The highest BCUT2D eigenvalue weighted by Crippen LogP contribution is 2.22. The number of nitrogens with zero attached hydrogens (tertiary/aromatic N) is 2. The molecular weight excluding hydrogens is 302 g/mol. The molecule has 6 nitrogen and oxygen atoms in total. The maximum atomic E-state index is 12.2. The van der Waals surface area contributed by atoms with E-state index in [2.05, 4.69) is 9.82 Å². The Hall–Kier alpha value is -1.21. The van der Waals surface area contributed by atoms with Crippen LogP contribution in [0.2, 0.25) is 0 Å². The Labute approximate surface area is 131 Å². The molecule has 7 heteroatoms. The van der Waals surface area contributed by atoms with Crippen molar-refractivity contribution in [1.82, 2.24) is 14.5 Å². The lowest BCUT2D eigenvalue weighted by molar-refractivity contribution is 0.473. The minimum atomic E-state index is -3.27. The lowest BCUT2D eigenvalue weighted by Gasteiger charge is -2.22. The summed E-state index contributed by atoms with van der Waals surface area (Å²) >= 11 is 0. The molecule has 1 heterocycles. The molecule has 1 aromatic rings. The van der Waals surface area contributed by atoms with Crippen molar-refractivity contribution in [2.45, 2.75) is 63.2 Å². The second-order valence-corrected chi connectivity index (χ2v) is 8.28. The second kappa shape index (κ2) is 6.50. The summed E-state index contributed by atoms with van der Waals surface area (Å²) < 4.78 is 28.5. The van der Waals surface area contributed by atoms with Gasteiger partial charge < -0.3 is 0 Å².